The number of ketones is 2. The predicted molar refractivity (Wildman–Crippen MR) is 84.1 cm³/mol. The van der Waals surface area contributed by atoms with Crippen LogP contribution in [0.1, 0.15) is 56.3 Å². The summed E-state index contributed by atoms with van der Waals surface area (Å²) in [6, 6.07) is 8.04. The highest BCUT2D eigenvalue weighted by atomic mass is 16.3. The summed E-state index contributed by atoms with van der Waals surface area (Å²) >= 11 is 0. The van der Waals surface area contributed by atoms with Gasteiger partial charge in [-0.1, -0.05) is 18.2 Å². The van der Waals surface area contributed by atoms with Gasteiger partial charge in [0.05, 0.1) is 11.2 Å². The second-order valence-electron chi connectivity index (χ2n) is 6.66. The Morgan fingerprint density at radius 1 is 1.00 bits per heavy atom. The van der Waals surface area contributed by atoms with Crippen molar-refractivity contribution in [2.24, 2.45) is 0 Å². The number of rotatable bonds is 0. The van der Waals surface area contributed by atoms with Gasteiger partial charge >= 0.3 is 0 Å². The number of carbonyl (C=O) groups excluding carboxylic acids is 2. The number of benzene rings is 2. The van der Waals surface area contributed by atoms with Crippen LogP contribution in [0.15, 0.2) is 30.3 Å². The molecule has 0 saturated carbocycles. The van der Waals surface area contributed by atoms with Crippen molar-refractivity contribution in [1.29, 1.82) is 0 Å². The molecule has 0 radical (unpaired) electrons. The standard InChI is InChI=1S/C19H16O4/c1-19(23)8-7-11-10(9-19)5-6-13-15(11)17(21)12-3-2-4-14(20)16(12)18(13)22/h2-6,20,23H,7-9H2,1H3/t19-/m0/s1. The predicted octanol–water partition coefficient (Wildman–Crippen LogP) is 2.41. The van der Waals surface area contributed by atoms with Crippen molar-refractivity contribution in [3.63, 3.8) is 0 Å². The molecule has 4 heteroatoms. The molecule has 0 aromatic heterocycles. The van der Waals surface area contributed by atoms with E-state index < -0.39 is 5.60 Å². The van der Waals surface area contributed by atoms with Gasteiger partial charge in [-0.05, 0) is 43.0 Å². The van der Waals surface area contributed by atoms with Crippen molar-refractivity contribution in [2.75, 3.05) is 0 Å². The van der Waals surface area contributed by atoms with Gasteiger partial charge in [-0.15, -0.1) is 0 Å². The maximum Gasteiger partial charge on any atom is 0.198 e. The van der Waals surface area contributed by atoms with Gasteiger partial charge in [-0.25, -0.2) is 0 Å². The number of aliphatic hydroxyl groups is 1. The molecule has 0 spiro atoms. The Bertz CT molecular complexity index is 877. The molecule has 0 unspecified atom stereocenters. The summed E-state index contributed by atoms with van der Waals surface area (Å²) in [5, 5.41) is 20.2. The Morgan fingerprint density at radius 2 is 1.70 bits per heavy atom. The summed E-state index contributed by atoms with van der Waals surface area (Å²) < 4.78 is 0. The molecule has 0 amide bonds. The van der Waals surface area contributed by atoms with Crippen molar-refractivity contribution < 1.29 is 19.8 Å². The molecule has 0 aliphatic heterocycles. The molecule has 0 heterocycles. The Balaban J connectivity index is 1.96. The molecule has 2 aromatic carbocycles. The van der Waals surface area contributed by atoms with E-state index in [1.807, 2.05) is 6.07 Å². The van der Waals surface area contributed by atoms with Gasteiger partial charge in [0.2, 0.25) is 0 Å². The van der Waals surface area contributed by atoms with E-state index in [1.54, 1.807) is 25.1 Å². The number of hydrogen-bond donors (Lipinski definition) is 2. The molecule has 0 fully saturated rings. The molecular formula is C19H16O4. The van der Waals surface area contributed by atoms with E-state index in [0.29, 0.717) is 30.4 Å². The van der Waals surface area contributed by atoms with Crippen molar-refractivity contribution in [1.82, 2.24) is 0 Å². The number of phenols is 1. The smallest absolute Gasteiger partial charge is 0.198 e. The first kappa shape index (κ1) is 14.2. The maximum atomic E-state index is 12.9. The Morgan fingerprint density at radius 3 is 2.48 bits per heavy atom. The molecule has 4 nitrogen and oxygen atoms in total. The monoisotopic (exact) mass is 308 g/mol. The third-order valence-electron chi connectivity index (χ3n) is 4.88. The fraction of sp³-hybridized carbons (Fsp3) is 0.263. The number of aromatic hydroxyl groups is 1. The lowest BCUT2D eigenvalue weighted by molar-refractivity contribution is 0.0456. The molecule has 0 bridgehead atoms. The van der Waals surface area contributed by atoms with Gasteiger partial charge in [-0.2, -0.15) is 0 Å². The topological polar surface area (TPSA) is 74.6 Å². The largest absolute Gasteiger partial charge is 0.507 e. The van der Waals surface area contributed by atoms with E-state index in [2.05, 4.69) is 0 Å². The van der Waals surface area contributed by atoms with Crippen LogP contribution in [0, 0.1) is 0 Å². The van der Waals surface area contributed by atoms with Crippen molar-refractivity contribution in [3.05, 3.63) is 63.7 Å². The minimum Gasteiger partial charge on any atom is -0.507 e. The van der Waals surface area contributed by atoms with Crippen LogP contribution >= 0.6 is 0 Å². The zero-order valence-electron chi connectivity index (χ0n) is 12.7. The molecule has 1 atom stereocenters. The number of phenolic OH excluding ortho intramolecular Hbond substituents is 1. The summed E-state index contributed by atoms with van der Waals surface area (Å²) in [6.45, 7) is 1.79. The van der Waals surface area contributed by atoms with Gasteiger partial charge in [-0.3, -0.25) is 9.59 Å². The maximum absolute atomic E-state index is 12.9. The molecule has 2 N–H and O–H groups in total. The molecule has 2 aliphatic rings. The van der Waals surface area contributed by atoms with E-state index >= 15 is 0 Å². The van der Waals surface area contributed by atoms with E-state index in [9.17, 15) is 19.8 Å². The summed E-state index contributed by atoms with van der Waals surface area (Å²) in [7, 11) is 0. The highest BCUT2D eigenvalue weighted by Crippen LogP contribution is 2.38. The Kier molecular flexibility index (Phi) is 2.78. The van der Waals surface area contributed by atoms with Gasteiger partial charge in [0.15, 0.2) is 11.6 Å². The van der Waals surface area contributed by atoms with Crippen LogP contribution < -0.4 is 0 Å². The average molecular weight is 308 g/mol. The number of fused-ring (bicyclic) bond motifs is 4. The van der Waals surface area contributed by atoms with Crippen LogP contribution in [0.25, 0.3) is 0 Å². The van der Waals surface area contributed by atoms with Gasteiger partial charge in [0.25, 0.3) is 0 Å². The van der Waals surface area contributed by atoms with Gasteiger partial charge in [0, 0.05) is 23.1 Å². The highest BCUT2D eigenvalue weighted by molar-refractivity contribution is 6.29. The molecule has 23 heavy (non-hydrogen) atoms. The van der Waals surface area contributed by atoms with Crippen LogP contribution in [0.3, 0.4) is 0 Å². The number of hydrogen-bond acceptors (Lipinski definition) is 4. The van der Waals surface area contributed by atoms with Crippen molar-refractivity contribution >= 4 is 11.6 Å². The van der Waals surface area contributed by atoms with Crippen LogP contribution in [0.5, 0.6) is 5.75 Å². The Hall–Kier alpha value is -2.46. The highest BCUT2D eigenvalue weighted by Gasteiger charge is 2.37. The molecule has 2 aromatic rings. The zero-order chi connectivity index (χ0) is 16.4. The normalized spacial score (nSPS) is 22.3. The van der Waals surface area contributed by atoms with Crippen LogP contribution in [0.4, 0.5) is 0 Å². The first-order valence-corrected chi connectivity index (χ1v) is 7.67. The van der Waals surface area contributed by atoms with Gasteiger partial charge in [0.1, 0.15) is 5.75 Å². The SMILES string of the molecule is C[C@]1(O)CCc2c(ccc3c2C(=O)c2cccc(O)c2C3=O)C1. The number of carbonyl (C=O) groups is 2. The molecular weight excluding hydrogens is 292 g/mol. The van der Waals surface area contributed by atoms with Crippen molar-refractivity contribution in [2.45, 2.75) is 31.8 Å². The van der Waals surface area contributed by atoms with Crippen LogP contribution in [-0.4, -0.2) is 27.4 Å². The first-order valence-electron chi connectivity index (χ1n) is 7.67. The van der Waals surface area contributed by atoms with Crippen LogP contribution in [-0.2, 0) is 12.8 Å². The van der Waals surface area contributed by atoms with E-state index in [4.69, 9.17) is 0 Å². The fourth-order valence-corrected chi connectivity index (χ4v) is 3.72. The minimum absolute atomic E-state index is 0.0905. The second-order valence-corrected chi connectivity index (χ2v) is 6.66. The fourth-order valence-electron chi connectivity index (χ4n) is 3.72. The average Bonchev–Trinajstić information content (AvgIpc) is 2.50. The van der Waals surface area contributed by atoms with E-state index in [-0.39, 0.29) is 28.4 Å². The lowest BCUT2D eigenvalue weighted by Crippen LogP contribution is -2.34. The minimum atomic E-state index is -0.779. The molecule has 0 saturated heterocycles. The van der Waals surface area contributed by atoms with E-state index in [1.165, 1.54) is 6.07 Å². The summed E-state index contributed by atoms with van der Waals surface area (Å²) in [5.74, 6) is -0.691. The lowest BCUT2D eigenvalue weighted by atomic mass is 9.74. The molecule has 4 rings (SSSR count). The summed E-state index contributed by atoms with van der Waals surface area (Å²) in [4.78, 5) is 25.6. The Labute approximate surface area is 133 Å². The lowest BCUT2D eigenvalue weighted by Gasteiger charge is -2.32. The summed E-state index contributed by atoms with van der Waals surface area (Å²) in [6.07, 6.45) is 1.60. The second kappa shape index (κ2) is 4.52. The van der Waals surface area contributed by atoms with Crippen molar-refractivity contribution in [3.8, 4) is 5.75 Å². The molecule has 116 valence electrons. The molecule has 2 aliphatic carbocycles. The first-order chi connectivity index (χ1) is 10.9. The third kappa shape index (κ3) is 1.95. The van der Waals surface area contributed by atoms with Gasteiger partial charge < -0.3 is 10.2 Å². The quantitative estimate of drug-likeness (QED) is 0.669. The summed E-state index contributed by atoms with van der Waals surface area (Å²) in [5.41, 5.74) is 2.15. The van der Waals surface area contributed by atoms with E-state index in [0.717, 1.165) is 11.1 Å². The zero-order valence-corrected chi connectivity index (χ0v) is 12.7. The van der Waals surface area contributed by atoms with Crippen LogP contribution in [0.2, 0.25) is 0 Å². The third-order valence-corrected chi connectivity index (χ3v) is 4.88.